The van der Waals surface area contributed by atoms with Gasteiger partial charge in [0.05, 0.1) is 12.0 Å². The number of allylic oxidation sites excluding steroid dienone is 2. The molecule has 4 atom stereocenters. The second kappa shape index (κ2) is 8.96. The van der Waals surface area contributed by atoms with Crippen LogP contribution in [0.4, 0.5) is 0 Å². The van der Waals surface area contributed by atoms with Gasteiger partial charge in [-0.1, -0.05) is 45.8 Å². The number of hydrogen-bond acceptors (Lipinski definition) is 5. The Kier molecular flexibility index (Phi) is 7.78. The van der Waals surface area contributed by atoms with Crippen LogP contribution in [-0.4, -0.2) is 38.6 Å². The first-order valence-corrected chi connectivity index (χ1v) is 9.54. The molecule has 5 nitrogen and oxygen atoms in total. The Hall–Kier alpha value is -1.46. The summed E-state index contributed by atoms with van der Waals surface area (Å²) in [6.45, 7) is 11.2. The van der Waals surface area contributed by atoms with Crippen molar-refractivity contribution in [1.29, 1.82) is 0 Å². The first-order chi connectivity index (χ1) is 12.0. The molecule has 1 rings (SSSR count). The van der Waals surface area contributed by atoms with Gasteiger partial charge in [0, 0.05) is 5.92 Å². The molecule has 0 aromatic heterocycles. The molecule has 0 fully saturated rings. The van der Waals surface area contributed by atoms with Crippen molar-refractivity contribution in [3.8, 4) is 0 Å². The monoisotopic (exact) mass is 366 g/mol. The van der Waals surface area contributed by atoms with Gasteiger partial charge in [0.25, 0.3) is 0 Å². The largest absolute Gasteiger partial charge is 0.508 e. The predicted octanol–water partition coefficient (Wildman–Crippen LogP) is 3.50. The molecule has 0 saturated heterocycles. The molecule has 0 aromatic carbocycles. The molecule has 0 amide bonds. The van der Waals surface area contributed by atoms with E-state index in [2.05, 4.69) is 0 Å². The number of aliphatic hydroxyl groups is 3. The van der Waals surface area contributed by atoms with Gasteiger partial charge in [0.2, 0.25) is 0 Å². The highest BCUT2D eigenvalue weighted by molar-refractivity contribution is 6.24. The second-order valence-electron chi connectivity index (χ2n) is 8.14. The summed E-state index contributed by atoms with van der Waals surface area (Å²) >= 11 is 0. The Labute approximate surface area is 156 Å². The summed E-state index contributed by atoms with van der Waals surface area (Å²) in [6, 6.07) is 0. The minimum Gasteiger partial charge on any atom is -0.508 e. The molecule has 0 radical (unpaired) electrons. The lowest BCUT2D eigenvalue weighted by atomic mass is 9.78. The Bertz CT molecular complexity index is 598. The van der Waals surface area contributed by atoms with Crippen molar-refractivity contribution >= 4 is 11.6 Å². The van der Waals surface area contributed by atoms with Gasteiger partial charge in [0.15, 0.2) is 17.2 Å². The molecule has 1 aliphatic carbocycles. The minimum absolute atomic E-state index is 0.0964. The summed E-state index contributed by atoms with van der Waals surface area (Å²) in [5, 5.41) is 32.5. The third-order valence-corrected chi connectivity index (χ3v) is 5.31. The lowest BCUT2D eigenvalue weighted by Crippen LogP contribution is -2.49. The zero-order valence-corrected chi connectivity index (χ0v) is 16.9. The Morgan fingerprint density at radius 3 is 2.31 bits per heavy atom. The maximum atomic E-state index is 12.9. The smallest absolute Gasteiger partial charge is 0.176 e. The molecule has 148 valence electrons. The van der Waals surface area contributed by atoms with E-state index in [9.17, 15) is 24.9 Å². The number of aliphatic hydroxyl groups excluding tert-OH is 2. The van der Waals surface area contributed by atoms with Crippen molar-refractivity contribution in [2.45, 2.75) is 78.9 Å². The van der Waals surface area contributed by atoms with Crippen molar-refractivity contribution in [1.82, 2.24) is 0 Å². The molecule has 3 N–H and O–H groups in total. The fourth-order valence-corrected chi connectivity index (χ4v) is 3.29. The van der Waals surface area contributed by atoms with E-state index >= 15 is 0 Å². The summed E-state index contributed by atoms with van der Waals surface area (Å²) in [5.41, 5.74) is -1.49. The van der Waals surface area contributed by atoms with E-state index in [0.29, 0.717) is 25.2 Å². The van der Waals surface area contributed by atoms with E-state index in [-0.39, 0.29) is 12.0 Å². The van der Waals surface area contributed by atoms with Crippen LogP contribution in [0.3, 0.4) is 0 Å². The van der Waals surface area contributed by atoms with Crippen LogP contribution in [0.1, 0.15) is 67.2 Å². The summed E-state index contributed by atoms with van der Waals surface area (Å²) < 4.78 is 0. The third kappa shape index (κ3) is 4.44. The highest BCUT2D eigenvalue weighted by Gasteiger charge is 2.58. The normalized spacial score (nSPS) is 25.6. The van der Waals surface area contributed by atoms with Crippen LogP contribution < -0.4 is 0 Å². The molecule has 0 saturated carbocycles. The first kappa shape index (κ1) is 22.6. The van der Waals surface area contributed by atoms with E-state index in [0.717, 1.165) is 5.57 Å². The van der Waals surface area contributed by atoms with Crippen LogP contribution in [-0.2, 0) is 9.59 Å². The average Bonchev–Trinajstić information content (AvgIpc) is 2.76. The second-order valence-corrected chi connectivity index (χ2v) is 8.14. The van der Waals surface area contributed by atoms with E-state index < -0.39 is 40.9 Å². The predicted molar refractivity (Wildman–Crippen MR) is 102 cm³/mol. The SMILES string of the molecule is CCC(C)C(=O)C1=C(O)C(O)(C(O)CC=C(C)C)[C@H](CCC(C)C)C1=O. The number of carbonyl (C=O) groups is 2. The molecule has 26 heavy (non-hydrogen) atoms. The topological polar surface area (TPSA) is 94.8 Å². The van der Waals surface area contributed by atoms with Crippen LogP contribution in [0.25, 0.3) is 0 Å². The van der Waals surface area contributed by atoms with Crippen molar-refractivity contribution in [3.05, 3.63) is 23.0 Å². The van der Waals surface area contributed by atoms with Crippen LogP contribution >= 0.6 is 0 Å². The van der Waals surface area contributed by atoms with Gasteiger partial charge in [-0.05, 0) is 39.0 Å². The molecule has 0 bridgehead atoms. The molecule has 5 heteroatoms. The summed E-state index contributed by atoms with van der Waals surface area (Å²) in [7, 11) is 0. The van der Waals surface area contributed by atoms with E-state index in [1.165, 1.54) is 0 Å². The minimum atomic E-state index is -2.11. The van der Waals surface area contributed by atoms with Gasteiger partial charge in [-0.15, -0.1) is 0 Å². The zero-order chi connectivity index (χ0) is 20.2. The maximum absolute atomic E-state index is 12.9. The molecule has 0 spiro atoms. The molecule has 0 aliphatic heterocycles. The number of hydrogen-bond donors (Lipinski definition) is 3. The van der Waals surface area contributed by atoms with Crippen LogP contribution in [0.15, 0.2) is 23.0 Å². The van der Waals surface area contributed by atoms with E-state index in [1.807, 2.05) is 34.6 Å². The van der Waals surface area contributed by atoms with Gasteiger partial charge in [-0.3, -0.25) is 9.59 Å². The van der Waals surface area contributed by atoms with Gasteiger partial charge in [-0.2, -0.15) is 0 Å². The maximum Gasteiger partial charge on any atom is 0.176 e. The van der Waals surface area contributed by atoms with Crippen LogP contribution in [0.5, 0.6) is 0 Å². The molecular weight excluding hydrogens is 332 g/mol. The van der Waals surface area contributed by atoms with Crippen molar-refractivity contribution in [2.24, 2.45) is 17.8 Å². The Balaban J connectivity index is 3.36. The summed E-state index contributed by atoms with van der Waals surface area (Å²) in [4.78, 5) is 25.5. The van der Waals surface area contributed by atoms with Crippen LogP contribution in [0.2, 0.25) is 0 Å². The molecule has 0 aromatic rings. The quantitative estimate of drug-likeness (QED) is 0.429. The fourth-order valence-electron chi connectivity index (χ4n) is 3.29. The van der Waals surface area contributed by atoms with E-state index in [1.54, 1.807) is 13.0 Å². The molecule has 0 heterocycles. The number of ketones is 2. The van der Waals surface area contributed by atoms with Crippen molar-refractivity contribution < 1.29 is 24.9 Å². The van der Waals surface area contributed by atoms with Crippen molar-refractivity contribution in [2.75, 3.05) is 0 Å². The van der Waals surface area contributed by atoms with Gasteiger partial charge in [-0.25, -0.2) is 0 Å². The molecular formula is C21H34O5. The molecule has 3 unspecified atom stereocenters. The fraction of sp³-hybridized carbons (Fsp3) is 0.714. The summed E-state index contributed by atoms with van der Waals surface area (Å²) in [5.74, 6) is -2.82. The zero-order valence-electron chi connectivity index (χ0n) is 16.9. The van der Waals surface area contributed by atoms with Gasteiger partial charge < -0.3 is 15.3 Å². The summed E-state index contributed by atoms with van der Waals surface area (Å²) in [6.07, 6.45) is 1.96. The lowest BCUT2D eigenvalue weighted by molar-refractivity contribution is -0.136. The number of rotatable bonds is 9. The lowest BCUT2D eigenvalue weighted by Gasteiger charge is -2.34. The highest BCUT2D eigenvalue weighted by atomic mass is 16.4. The average molecular weight is 366 g/mol. The standard InChI is InChI=1S/C21H34O5/c1-7-14(6)18(23)17-19(24)15(10-8-12(2)3)21(26,20(17)25)16(22)11-9-13(4)5/h9,12,14-16,22,25-26H,7-8,10-11H2,1-6H3/t14?,15-,16?,21?/m1/s1. The van der Waals surface area contributed by atoms with Gasteiger partial charge in [0.1, 0.15) is 11.3 Å². The van der Waals surface area contributed by atoms with Crippen molar-refractivity contribution in [3.63, 3.8) is 0 Å². The Morgan fingerprint density at radius 2 is 1.85 bits per heavy atom. The van der Waals surface area contributed by atoms with Crippen LogP contribution in [0, 0.1) is 17.8 Å². The molecule has 1 aliphatic rings. The number of Topliss-reactive ketones (excluding diaryl/α,β-unsaturated/α-hetero) is 2. The number of carbonyl (C=O) groups excluding carboxylic acids is 2. The van der Waals surface area contributed by atoms with Gasteiger partial charge >= 0.3 is 0 Å². The Morgan fingerprint density at radius 1 is 1.27 bits per heavy atom. The first-order valence-electron chi connectivity index (χ1n) is 9.54. The van der Waals surface area contributed by atoms with E-state index in [4.69, 9.17) is 0 Å². The highest BCUT2D eigenvalue weighted by Crippen LogP contribution is 2.44. The third-order valence-electron chi connectivity index (χ3n) is 5.31.